The fourth-order valence-electron chi connectivity index (χ4n) is 0.662. The fraction of sp³-hybridized carbons (Fsp3) is 0.286. The van der Waals surface area contributed by atoms with Crippen LogP contribution in [0.15, 0.2) is 0 Å². The highest BCUT2D eigenvalue weighted by molar-refractivity contribution is 14.1. The molecule has 0 aromatic carbocycles. The summed E-state index contributed by atoms with van der Waals surface area (Å²) in [6.07, 6.45) is 0. The van der Waals surface area contributed by atoms with Gasteiger partial charge in [-0.15, -0.1) is 0 Å². The summed E-state index contributed by atoms with van der Waals surface area (Å²) < 4.78 is 1.63. The van der Waals surface area contributed by atoms with Crippen molar-refractivity contribution in [2.45, 2.75) is 6.92 Å². The van der Waals surface area contributed by atoms with Crippen molar-refractivity contribution in [3.63, 3.8) is 0 Å². The monoisotopic (exact) mass is 296 g/mol. The maximum Gasteiger partial charge on any atom is 0.155 e. The van der Waals surface area contributed by atoms with Gasteiger partial charge in [-0.05, 0) is 12.8 Å². The number of hydrogen-bond acceptors (Lipinski definition) is 2. The van der Waals surface area contributed by atoms with E-state index in [1.54, 1.807) is 2.90 Å². The summed E-state index contributed by atoms with van der Waals surface area (Å²) >= 11 is 7.89. The fourth-order valence-corrected chi connectivity index (χ4v) is 1.43. The third kappa shape index (κ3) is 1.91. The third-order valence-corrected chi connectivity index (χ3v) is 2.67. The standard InChI is InChI=1S/C7H6ClIN2O/c1-5-7(8)6(3-2-4-12)10-11(5)9/h12H,4H2,1H3. The molecule has 5 heteroatoms. The van der Waals surface area contributed by atoms with Crippen LogP contribution in [0.4, 0.5) is 0 Å². The van der Waals surface area contributed by atoms with Crippen LogP contribution in [0.1, 0.15) is 11.4 Å². The lowest BCUT2D eigenvalue weighted by Crippen LogP contribution is -1.83. The second-order valence-electron chi connectivity index (χ2n) is 2.07. The summed E-state index contributed by atoms with van der Waals surface area (Å²) in [5, 5.41) is 13.0. The van der Waals surface area contributed by atoms with Crippen LogP contribution in [-0.2, 0) is 0 Å². The highest BCUT2D eigenvalue weighted by atomic mass is 127. The molecular weight excluding hydrogens is 290 g/mol. The Kier molecular flexibility index (Phi) is 3.38. The van der Waals surface area contributed by atoms with Crippen molar-refractivity contribution < 1.29 is 5.11 Å². The van der Waals surface area contributed by atoms with Gasteiger partial charge >= 0.3 is 0 Å². The molecule has 0 amide bonds. The summed E-state index contributed by atoms with van der Waals surface area (Å²) in [6, 6.07) is 0. The van der Waals surface area contributed by atoms with Crippen LogP contribution in [0.3, 0.4) is 0 Å². The van der Waals surface area contributed by atoms with Crippen LogP contribution in [0.5, 0.6) is 0 Å². The van der Waals surface area contributed by atoms with Crippen LogP contribution in [-0.4, -0.2) is 19.7 Å². The lowest BCUT2D eigenvalue weighted by Gasteiger charge is -1.86. The molecule has 0 spiro atoms. The van der Waals surface area contributed by atoms with Gasteiger partial charge in [0.15, 0.2) is 5.69 Å². The van der Waals surface area contributed by atoms with E-state index < -0.39 is 0 Å². The average molecular weight is 296 g/mol. The van der Waals surface area contributed by atoms with Gasteiger partial charge in [-0.25, -0.2) is 2.90 Å². The number of rotatable bonds is 0. The normalized spacial score (nSPS) is 9.33. The SMILES string of the molecule is Cc1c(Cl)c(C#CCO)nn1I. The van der Waals surface area contributed by atoms with Crippen LogP contribution >= 0.6 is 34.5 Å². The molecule has 0 bridgehead atoms. The predicted octanol–water partition coefficient (Wildman–Crippen LogP) is 1.39. The van der Waals surface area contributed by atoms with Crippen LogP contribution in [0, 0.1) is 18.8 Å². The Balaban J connectivity index is 3.09. The number of hydrogen-bond donors (Lipinski definition) is 1. The first-order valence-electron chi connectivity index (χ1n) is 3.18. The van der Waals surface area contributed by atoms with E-state index in [0.717, 1.165) is 5.69 Å². The minimum atomic E-state index is -0.177. The summed E-state index contributed by atoms with van der Waals surface area (Å²) in [7, 11) is 0. The second kappa shape index (κ2) is 4.12. The Morgan fingerprint density at radius 3 is 2.83 bits per heavy atom. The lowest BCUT2D eigenvalue weighted by atomic mass is 10.4. The molecular formula is C7H6ClIN2O. The van der Waals surface area contributed by atoms with Gasteiger partial charge < -0.3 is 5.11 Å². The molecule has 1 heterocycles. The predicted molar refractivity (Wildman–Crippen MR) is 55.4 cm³/mol. The first-order valence-corrected chi connectivity index (χ1v) is 4.52. The summed E-state index contributed by atoms with van der Waals surface area (Å²) in [5.74, 6) is 5.14. The minimum Gasteiger partial charge on any atom is -0.384 e. The molecule has 64 valence electrons. The Morgan fingerprint density at radius 2 is 2.42 bits per heavy atom. The van der Waals surface area contributed by atoms with Crippen molar-refractivity contribution in [1.29, 1.82) is 0 Å². The van der Waals surface area contributed by atoms with Gasteiger partial charge in [0.1, 0.15) is 6.61 Å². The molecule has 0 fully saturated rings. The van der Waals surface area contributed by atoms with E-state index in [0.29, 0.717) is 10.7 Å². The third-order valence-electron chi connectivity index (χ3n) is 1.28. The van der Waals surface area contributed by atoms with Gasteiger partial charge in [0.25, 0.3) is 0 Å². The van der Waals surface area contributed by atoms with Gasteiger partial charge in [-0.2, -0.15) is 5.10 Å². The molecule has 1 aromatic heterocycles. The van der Waals surface area contributed by atoms with Crippen molar-refractivity contribution in [2.24, 2.45) is 0 Å². The maximum absolute atomic E-state index is 8.44. The molecule has 0 saturated heterocycles. The molecule has 1 rings (SSSR count). The number of aliphatic hydroxyl groups excluding tert-OH is 1. The van der Waals surface area contributed by atoms with E-state index in [2.05, 4.69) is 16.9 Å². The zero-order valence-corrected chi connectivity index (χ0v) is 9.22. The Labute approximate surface area is 89.2 Å². The zero-order chi connectivity index (χ0) is 9.14. The molecule has 0 unspecified atom stereocenters. The Bertz CT molecular complexity index is 350. The average Bonchev–Trinajstić information content (AvgIpc) is 2.30. The molecule has 0 radical (unpaired) electrons. The van der Waals surface area contributed by atoms with Gasteiger partial charge in [0.05, 0.1) is 33.6 Å². The first-order chi connectivity index (χ1) is 5.66. The molecule has 12 heavy (non-hydrogen) atoms. The molecule has 0 saturated carbocycles. The van der Waals surface area contributed by atoms with Crippen LogP contribution in [0.25, 0.3) is 0 Å². The topological polar surface area (TPSA) is 38.1 Å². The highest BCUT2D eigenvalue weighted by Gasteiger charge is 2.08. The van der Waals surface area contributed by atoms with Crippen LogP contribution < -0.4 is 0 Å². The summed E-state index contributed by atoms with van der Waals surface area (Å²) in [6.45, 7) is 1.68. The van der Waals surface area contributed by atoms with Gasteiger partial charge in [-0.1, -0.05) is 17.5 Å². The molecule has 1 aromatic rings. The van der Waals surface area contributed by atoms with Crippen molar-refractivity contribution >= 4 is 34.5 Å². The first kappa shape index (κ1) is 9.84. The molecule has 0 aliphatic rings. The number of nitrogens with zero attached hydrogens (tertiary/aromatic N) is 2. The smallest absolute Gasteiger partial charge is 0.155 e. The van der Waals surface area contributed by atoms with E-state index >= 15 is 0 Å². The summed E-state index contributed by atoms with van der Waals surface area (Å²) in [5.41, 5.74) is 1.37. The maximum atomic E-state index is 8.44. The van der Waals surface area contributed by atoms with Crippen molar-refractivity contribution in [1.82, 2.24) is 7.99 Å². The Morgan fingerprint density at radius 1 is 1.75 bits per heavy atom. The second-order valence-corrected chi connectivity index (χ2v) is 3.36. The quantitative estimate of drug-likeness (QED) is 0.580. The molecule has 0 aliphatic carbocycles. The largest absolute Gasteiger partial charge is 0.384 e. The molecule has 3 nitrogen and oxygen atoms in total. The van der Waals surface area contributed by atoms with Crippen molar-refractivity contribution in [3.8, 4) is 11.8 Å². The van der Waals surface area contributed by atoms with Gasteiger partial charge in [0.2, 0.25) is 0 Å². The highest BCUT2D eigenvalue weighted by Crippen LogP contribution is 2.20. The van der Waals surface area contributed by atoms with E-state index in [1.807, 2.05) is 29.8 Å². The lowest BCUT2D eigenvalue weighted by molar-refractivity contribution is 0.350. The minimum absolute atomic E-state index is 0.177. The van der Waals surface area contributed by atoms with Crippen molar-refractivity contribution in [3.05, 3.63) is 16.4 Å². The molecule has 0 aliphatic heterocycles. The molecule has 1 N–H and O–H groups in total. The van der Waals surface area contributed by atoms with E-state index in [4.69, 9.17) is 16.7 Å². The number of halogens is 2. The van der Waals surface area contributed by atoms with Crippen molar-refractivity contribution in [2.75, 3.05) is 6.61 Å². The number of aromatic nitrogens is 2. The van der Waals surface area contributed by atoms with Gasteiger partial charge in [0, 0.05) is 0 Å². The van der Waals surface area contributed by atoms with Gasteiger partial charge in [-0.3, -0.25) is 0 Å². The summed E-state index contributed by atoms with van der Waals surface area (Å²) in [4.78, 5) is 0. The molecule has 0 atom stereocenters. The van der Waals surface area contributed by atoms with Crippen LogP contribution in [0.2, 0.25) is 5.02 Å². The van der Waals surface area contributed by atoms with E-state index in [9.17, 15) is 0 Å². The van der Waals surface area contributed by atoms with E-state index in [-0.39, 0.29) is 6.61 Å². The zero-order valence-electron chi connectivity index (χ0n) is 6.30. The van der Waals surface area contributed by atoms with E-state index in [1.165, 1.54) is 0 Å². The Hall–Kier alpha value is -0.250. The number of aliphatic hydroxyl groups is 1.